The van der Waals surface area contributed by atoms with E-state index in [1.165, 1.54) is 30.4 Å². The molecule has 8 atom stereocenters. The second-order valence-electron chi connectivity index (χ2n) is 11.4. The van der Waals surface area contributed by atoms with E-state index in [2.05, 4.69) is 37.8 Å². The average Bonchev–Trinajstić information content (AvgIpc) is 3.48. The summed E-state index contributed by atoms with van der Waals surface area (Å²) in [5.41, 5.74) is 2.66. The quantitative estimate of drug-likeness (QED) is 0.502. The Kier molecular flexibility index (Phi) is 4.84. The fourth-order valence-electron chi connectivity index (χ4n) is 8.14. The number of hydrogen-bond donors (Lipinski definition) is 0. The van der Waals surface area contributed by atoms with Gasteiger partial charge in [0.05, 0.1) is 26.2 Å². The maximum absolute atomic E-state index is 13.2. The molecule has 2 saturated carbocycles. The van der Waals surface area contributed by atoms with Crippen LogP contribution < -0.4 is 9.47 Å². The third-order valence-corrected chi connectivity index (χ3v) is 9.94. The Hall–Kier alpha value is -1.79. The summed E-state index contributed by atoms with van der Waals surface area (Å²) >= 11 is 0. The van der Waals surface area contributed by atoms with Gasteiger partial charge in [-0.25, -0.2) is 0 Å². The minimum atomic E-state index is -0.109. The molecule has 6 heteroatoms. The first-order valence-electron chi connectivity index (χ1n) is 12.7. The van der Waals surface area contributed by atoms with Crippen LogP contribution in [0.25, 0.3) is 0 Å². The molecule has 0 bridgehead atoms. The summed E-state index contributed by atoms with van der Waals surface area (Å²) in [4.78, 5) is 15.6. The fraction of sp³-hybridized carbons (Fsp3) is 0.741. The Bertz CT molecular complexity index is 980. The molecule has 6 nitrogen and oxygen atoms in total. The molecule has 3 heterocycles. The molecule has 0 radical (unpaired) electrons. The highest BCUT2D eigenvalue weighted by Gasteiger charge is 2.78. The summed E-state index contributed by atoms with van der Waals surface area (Å²) in [6.07, 6.45) is 5.74. The SMILES string of the molecule is COc1cc2c(cc1OC)[C@H](C)N(C[C@@H]1C(=O)O[C@@H]3C[C@]4(C)CCC[C@@H](C)[C@]45O[C@H]5[C@@H]13)CC2. The minimum absolute atomic E-state index is 0.00941. The van der Waals surface area contributed by atoms with Gasteiger partial charge in [0.15, 0.2) is 11.5 Å². The Labute approximate surface area is 196 Å². The lowest BCUT2D eigenvalue weighted by Gasteiger charge is -2.49. The third-order valence-electron chi connectivity index (χ3n) is 9.94. The van der Waals surface area contributed by atoms with E-state index in [0.717, 1.165) is 37.4 Å². The second-order valence-corrected chi connectivity index (χ2v) is 11.4. The van der Waals surface area contributed by atoms with E-state index in [4.69, 9.17) is 18.9 Å². The van der Waals surface area contributed by atoms with E-state index < -0.39 is 0 Å². The van der Waals surface area contributed by atoms with Crippen molar-refractivity contribution in [2.24, 2.45) is 23.2 Å². The van der Waals surface area contributed by atoms with E-state index in [9.17, 15) is 4.79 Å². The van der Waals surface area contributed by atoms with Gasteiger partial charge in [0.25, 0.3) is 0 Å². The number of fused-ring (bicyclic) bond motifs is 3. The predicted octanol–water partition coefficient (Wildman–Crippen LogP) is 4.15. The highest BCUT2D eigenvalue weighted by atomic mass is 16.6. The highest BCUT2D eigenvalue weighted by molar-refractivity contribution is 5.76. The van der Waals surface area contributed by atoms with Crippen LogP contribution in [0.3, 0.4) is 0 Å². The monoisotopic (exact) mass is 455 g/mol. The van der Waals surface area contributed by atoms with Gasteiger partial charge in [-0.2, -0.15) is 0 Å². The molecule has 2 aliphatic carbocycles. The number of rotatable bonds is 4. The van der Waals surface area contributed by atoms with E-state index in [1.54, 1.807) is 14.2 Å². The van der Waals surface area contributed by atoms with Crippen LogP contribution in [0.15, 0.2) is 12.1 Å². The van der Waals surface area contributed by atoms with Crippen LogP contribution in [0.1, 0.15) is 63.6 Å². The van der Waals surface area contributed by atoms with Gasteiger partial charge in [-0.3, -0.25) is 9.69 Å². The molecule has 6 rings (SSSR count). The van der Waals surface area contributed by atoms with Gasteiger partial charge < -0.3 is 18.9 Å². The Morgan fingerprint density at radius 2 is 1.94 bits per heavy atom. The third kappa shape index (κ3) is 2.89. The predicted molar refractivity (Wildman–Crippen MR) is 123 cm³/mol. The van der Waals surface area contributed by atoms with Crippen LogP contribution in [0.5, 0.6) is 11.5 Å². The fourth-order valence-corrected chi connectivity index (χ4v) is 8.14. The zero-order valence-corrected chi connectivity index (χ0v) is 20.6. The lowest BCUT2D eigenvalue weighted by Crippen LogP contribution is -2.54. The summed E-state index contributed by atoms with van der Waals surface area (Å²) in [7, 11) is 3.36. The zero-order chi connectivity index (χ0) is 23.1. The van der Waals surface area contributed by atoms with E-state index in [0.29, 0.717) is 5.92 Å². The number of methoxy groups -OCH3 is 2. The summed E-state index contributed by atoms with van der Waals surface area (Å²) in [6.45, 7) is 8.63. The van der Waals surface area contributed by atoms with Gasteiger partial charge in [0, 0.05) is 30.5 Å². The molecule has 1 aromatic rings. The lowest BCUT2D eigenvalue weighted by atomic mass is 9.53. The van der Waals surface area contributed by atoms with Gasteiger partial charge in [0.2, 0.25) is 0 Å². The van der Waals surface area contributed by atoms with Gasteiger partial charge >= 0.3 is 5.97 Å². The Morgan fingerprint density at radius 1 is 1.18 bits per heavy atom. The smallest absolute Gasteiger partial charge is 0.311 e. The van der Waals surface area contributed by atoms with Crippen LogP contribution in [0.2, 0.25) is 0 Å². The van der Waals surface area contributed by atoms with Gasteiger partial charge in [-0.1, -0.05) is 20.3 Å². The average molecular weight is 456 g/mol. The van der Waals surface area contributed by atoms with Crippen molar-refractivity contribution in [3.05, 3.63) is 23.3 Å². The number of carbonyl (C=O) groups is 1. The van der Waals surface area contributed by atoms with Gasteiger partial charge in [-0.15, -0.1) is 0 Å². The summed E-state index contributed by atoms with van der Waals surface area (Å²) in [5.74, 6) is 2.16. The molecule has 1 spiro atoms. The first-order valence-corrected chi connectivity index (χ1v) is 12.7. The van der Waals surface area contributed by atoms with Gasteiger partial charge in [0.1, 0.15) is 11.7 Å². The lowest BCUT2D eigenvalue weighted by molar-refractivity contribution is -0.146. The molecule has 3 aliphatic heterocycles. The van der Waals surface area contributed by atoms with Crippen molar-refractivity contribution in [3.63, 3.8) is 0 Å². The molecule has 180 valence electrons. The van der Waals surface area contributed by atoms with Crippen LogP contribution >= 0.6 is 0 Å². The number of carbonyl (C=O) groups excluding carboxylic acids is 1. The maximum Gasteiger partial charge on any atom is 0.311 e. The van der Waals surface area contributed by atoms with Crippen molar-refractivity contribution in [2.45, 2.75) is 76.7 Å². The first kappa shape index (κ1) is 21.7. The van der Waals surface area contributed by atoms with Crippen molar-refractivity contribution in [2.75, 3.05) is 27.3 Å². The molecule has 4 fully saturated rings. The largest absolute Gasteiger partial charge is 0.493 e. The Morgan fingerprint density at radius 3 is 2.70 bits per heavy atom. The molecule has 0 amide bonds. The zero-order valence-electron chi connectivity index (χ0n) is 20.6. The van der Waals surface area contributed by atoms with Crippen molar-refractivity contribution in [1.29, 1.82) is 0 Å². The number of esters is 1. The molecule has 33 heavy (non-hydrogen) atoms. The van der Waals surface area contributed by atoms with Crippen LogP contribution in [0.4, 0.5) is 0 Å². The molecule has 0 aromatic heterocycles. The number of ether oxygens (including phenoxy) is 4. The van der Waals surface area contributed by atoms with Crippen molar-refractivity contribution < 1.29 is 23.7 Å². The van der Waals surface area contributed by atoms with Crippen molar-refractivity contribution in [3.8, 4) is 11.5 Å². The summed E-state index contributed by atoms with van der Waals surface area (Å²) in [5, 5.41) is 0. The topological polar surface area (TPSA) is 60.5 Å². The molecule has 5 aliphatic rings. The van der Waals surface area contributed by atoms with Crippen LogP contribution in [0, 0.1) is 23.2 Å². The summed E-state index contributed by atoms with van der Waals surface area (Å²) in [6, 6.07) is 4.42. The first-order chi connectivity index (χ1) is 15.8. The van der Waals surface area contributed by atoms with E-state index >= 15 is 0 Å². The standard InChI is InChI=1S/C27H37NO5/c1-15-7-6-9-26(3)13-22-23(24-27(15,26)33-24)19(25(29)32-22)14-28-10-8-17-11-20(30-4)21(31-5)12-18(17)16(28)2/h11-12,15-16,19,22-24H,6-10,13-14H2,1-5H3/t15-,16+,19+,22-,23+,24+,26+,27-/m1/s1. The van der Waals surface area contributed by atoms with E-state index in [-0.39, 0.29) is 47.1 Å². The molecule has 2 saturated heterocycles. The molecular formula is C27H37NO5. The number of epoxide rings is 1. The molecule has 0 N–H and O–H groups in total. The van der Waals surface area contributed by atoms with Crippen molar-refractivity contribution >= 4 is 5.97 Å². The molecule has 0 unspecified atom stereocenters. The van der Waals surface area contributed by atoms with Crippen LogP contribution in [-0.4, -0.2) is 56.0 Å². The van der Waals surface area contributed by atoms with Gasteiger partial charge in [-0.05, 0) is 61.8 Å². The van der Waals surface area contributed by atoms with Crippen molar-refractivity contribution in [1.82, 2.24) is 4.90 Å². The number of hydrogen-bond acceptors (Lipinski definition) is 6. The molecular weight excluding hydrogens is 418 g/mol. The maximum atomic E-state index is 13.2. The van der Waals surface area contributed by atoms with E-state index in [1.807, 2.05) is 0 Å². The Balaban J connectivity index is 1.25. The summed E-state index contributed by atoms with van der Waals surface area (Å²) < 4.78 is 23.7. The second kappa shape index (κ2) is 7.35. The number of benzene rings is 1. The van der Waals surface area contributed by atoms with Crippen LogP contribution in [-0.2, 0) is 20.7 Å². The minimum Gasteiger partial charge on any atom is -0.493 e. The normalized spacial score (nSPS) is 43.6. The number of nitrogens with zero attached hydrogens (tertiary/aromatic N) is 1. The highest BCUT2D eigenvalue weighted by Crippen LogP contribution is 2.70. The molecule has 1 aromatic carbocycles.